The predicted molar refractivity (Wildman–Crippen MR) is 85.5 cm³/mol. The normalized spacial score (nSPS) is 12.9. The molecule has 1 aromatic rings. The van der Waals surface area contributed by atoms with E-state index in [4.69, 9.17) is 4.74 Å². The number of benzene rings is 1. The third-order valence-corrected chi connectivity index (χ3v) is 3.74. The van der Waals surface area contributed by atoms with E-state index in [0.717, 1.165) is 36.0 Å². The van der Waals surface area contributed by atoms with Crippen LogP contribution in [0, 0.1) is 17.7 Å². The van der Waals surface area contributed by atoms with Crippen LogP contribution in [-0.4, -0.2) is 26.8 Å². The number of methoxy groups -OCH3 is 1. The molecule has 1 atom stereocenters. The van der Waals surface area contributed by atoms with E-state index in [1.807, 2.05) is 12.1 Å². The van der Waals surface area contributed by atoms with Crippen molar-refractivity contribution in [2.75, 3.05) is 26.8 Å². The summed E-state index contributed by atoms with van der Waals surface area (Å²) in [4.78, 5) is 0. The van der Waals surface area contributed by atoms with Gasteiger partial charge in [0.1, 0.15) is 5.82 Å². The first kappa shape index (κ1) is 17.6. The first-order valence-electron chi connectivity index (χ1n) is 7.16. The molecule has 0 aromatic heterocycles. The van der Waals surface area contributed by atoms with Gasteiger partial charge in [-0.2, -0.15) is 0 Å². The lowest BCUT2D eigenvalue weighted by Crippen LogP contribution is -2.28. The van der Waals surface area contributed by atoms with Gasteiger partial charge in [0.25, 0.3) is 0 Å². The van der Waals surface area contributed by atoms with Crippen LogP contribution in [0.2, 0.25) is 0 Å². The van der Waals surface area contributed by atoms with Gasteiger partial charge >= 0.3 is 0 Å². The fourth-order valence-corrected chi connectivity index (χ4v) is 2.72. The molecule has 114 valence electrons. The maximum absolute atomic E-state index is 13.9. The third-order valence-electron chi connectivity index (χ3n) is 3.24. The predicted octanol–water partition coefficient (Wildman–Crippen LogP) is 4.03. The Hall–Kier alpha value is -0.450. The quantitative estimate of drug-likeness (QED) is 0.682. The molecule has 0 saturated heterocycles. The van der Waals surface area contributed by atoms with E-state index in [1.54, 1.807) is 13.2 Å². The Balaban J connectivity index is 2.58. The van der Waals surface area contributed by atoms with Gasteiger partial charge in [0.15, 0.2) is 0 Å². The molecule has 0 amide bonds. The Morgan fingerprint density at radius 2 is 2.10 bits per heavy atom. The highest BCUT2D eigenvalue weighted by Crippen LogP contribution is 2.21. The Labute approximate surface area is 130 Å². The molecule has 0 aliphatic heterocycles. The van der Waals surface area contributed by atoms with Gasteiger partial charge in [0.05, 0.1) is 6.61 Å². The monoisotopic (exact) mass is 345 g/mol. The zero-order valence-corrected chi connectivity index (χ0v) is 14.2. The molecule has 0 aliphatic carbocycles. The van der Waals surface area contributed by atoms with E-state index in [0.29, 0.717) is 18.4 Å². The van der Waals surface area contributed by atoms with Gasteiger partial charge in [-0.25, -0.2) is 4.39 Å². The van der Waals surface area contributed by atoms with Crippen LogP contribution in [0.15, 0.2) is 22.7 Å². The summed E-state index contributed by atoms with van der Waals surface area (Å²) in [5.41, 5.74) is 0.799. The van der Waals surface area contributed by atoms with Crippen molar-refractivity contribution in [3.8, 4) is 0 Å². The van der Waals surface area contributed by atoms with Crippen molar-refractivity contribution in [2.45, 2.75) is 26.7 Å². The van der Waals surface area contributed by atoms with Gasteiger partial charge in [-0.3, -0.25) is 0 Å². The molecule has 1 N–H and O–H groups in total. The van der Waals surface area contributed by atoms with Crippen LogP contribution in [0.5, 0.6) is 0 Å². The SMILES string of the molecule is COCCNCC(Cc1ccc(Br)cc1F)CC(C)C. The van der Waals surface area contributed by atoms with Crippen LogP contribution in [0.3, 0.4) is 0 Å². The summed E-state index contributed by atoms with van der Waals surface area (Å²) in [5, 5.41) is 3.39. The molecule has 0 heterocycles. The van der Waals surface area contributed by atoms with Crippen molar-refractivity contribution in [3.05, 3.63) is 34.1 Å². The van der Waals surface area contributed by atoms with Crippen LogP contribution in [0.25, 0.3) is 0 Å². The number of hydrogen-bond acceptors (Lipinski definition) is 2. The second kappa shape index (κ2) is 9.48. The van der Waals surface area contributed by atoms with Crippen LogP contribution < -0.4 is 5.32 Å². The number of nitrogens with one attached hydrogen (secondary N) is 1. The average Bonchev–Trinajstić information content (AvgIpc) is 2.37. The molecule has 0 radical (unpaired) electrons. The fourth-order valence-electron chi connectivity index (χ4n) is 2.38. The molecule has 20 heavy (non-hydrogen) atoms. The zero-order chi connectivity index (χ0) is 15.0. The summed E-state index contributed by atoms with van der Waals surface area (Å²) in [6.07, 6.45) is 1.87. The van der Waals surface area contributed by atoms with Gasteiger partial charge in [0.2, 0.25) is 0 Å². The second-order valence-electron chi connectivity index (χ2n) is 5.63. The molecule has 0 bridgehead atoms. The van der Waals surface area contributed by atoms with Crippen molar-refractivity contribution in [1.82, 2.24) is 5.32 Å². The third kappa shape index (κ3) is 6.82. The summed E-state index contributed by atoms with van der Waals surface area (Å²) in [7, 11) is 1.70. The van der Waals surface area contributed by atoms with Crippen molar-refractivity contribution < 1.29 is 9.13 Å². The largest absolute Gasteiger partial charge is 0.383 e. The standard InChI is InChI=1S/C16H25BrFNO/c1-12(2)8-13(11-19-6-7-20-3)9-14-4-5-15(17)10-16(14)18/h4-5,10,12-13,19H,6-9,11H2,1-3H3. The molecule has 1 unspecified atom stereocenters. The summed E-state index contributed by atoms with van der Waals surface area (Å²) in [5.74, 6) is 0.940. The molecule has 0 fully saturated rings. The van der Waals surface area contributed by atoms with Gasteiger partial charge in [-0.1, -0.05) is 35.8 Å². The van der Waals surface area contributed by atoms with Crippen molar-refractivity contribution in [3.63, 3.8) is 0 Å². The van der Waals surface area contributed by atoms with E-state index in [9.17, 15) is 4.39 Å². The molecular weight excluding hydrogens is 321 g/mol. The topological polar surface area (TPSA) is 21.3 Å². The Morgan fingerprint density at radius 3 is 2.70 bits per heavy atom. The minimum Gasteiger partial charge on any atom is -0.383 e. The van der Waals surface area contributed by atoms with Crippen molar-refractivity contribution in [1.29, 1.82) is 0 Å². The van der Waals surface area contributed by atoms with Crippen LogP contribution in [0.1, 0.15) is 25.8 Å². The van der Waals surface area contributed by atoms with E-state index >= 15 is 0 Å². The van der Waals surface area contributed by atoms with Gasteiger partial charge in [-0.05, 0) is 48.9 Å². The van der Waals surface area contributed by atoms with Crippen LogP contribution in [-0.2, 0) is 11.2 Å². The molecule has 4 heteroatoms. The van der Waals surface area contributed by atoms with Crippen LogP contribution >= 0.6 is 15.9 Å². The second-order valence-corrected chi connectivity index (χ2v) is 6.55. The molecule has 1 aromatic carbocycles. The summed E-state index contributed by atoms with van der Waals surface area (Å²) < 4.78 is 19.7. The van der Waals surface area contributed by atoms with E-state index in [-0.39, 0.29) is 5.82 Å². The molecule has 0 spiro atoms. The molecular formula is C16H25BrFNO. The zero-order valence-electron chi connectivity index (χ0n) is 12.6. The molecule has 1 rings (SSSR count). The maximum atomic E-state index is 13.9. The highest BCUT2D eigenvalue weighted by Gasteiger charge is 2.14. The van der Waals surface area contributed by atoms with E-state index in [2.05, 4.69) is 35.1 Å². The fraction of sp³-hybridized carbons (Fsp3) is 0.625. The summed E-state index contributed by atoms with van der Waals surface area (Å²) in [6.45, 7) is 6.87. The van der Waals surface area contributed by atoms with Gasteiger partial charge in [0, 0.05) is 18.1 Å². The van der Waals surface area contributed by atoms with Crippen LogP contribution in [0.4, 0.5) is 4.39 Å². The number of ether oxygens (including phenoxy) is 1. The number of hydrogen-bond donors (Lipinski definition) is 1. The number of rotatable bonds is 9. The Kier molecular flexibility index (Phi) is 8.34. The lowest BCUT2D eigenvalue weighted by atomic mass is 9.90. The van der Waals surface area contributed by atoms with Crippen molar-refractivity contribution >= 4 is 15.9 Å². The Morgan fingerprint density at radius 1 is 1.35 bits per heavy atom. The van der Waals surface area contributed by atoms with Gasteiger partial charge < -0.3 is 10.1 Å². The minimum absolute atomic E-state index is 0.120. The maximum Gasteiger partial charge on any atom is 0.127 e. The lowest BCUT2D eigenvalue weighted by Gasteiger charge is -2.20. The highest BCUT2D eigenvalue weighted by molar-refractivity contribution is 9.10. The summed E-state index contributed by atoms with van der Waals surface area (Å²) in [6, 6.07) is 5.32. The van der Waals surface area contributed by atoms with E-state index < -0.39 is 0 Å². The lowest BCUT2D eigenvalue weighted by molar-refractivity contribution is 0.197. The Bertz CT molecular complexity index is 398. The average molecular weight is 346 g/mol. The molecule has 0 saturated carbocycles. The minimum atomic E-state index is -0.120. The first-order valence-corrected chi connectivity index (χ1v) is 7.95. The summed E-state index contributed by atoms with van der Waals surface area (Å²) >= 11 is 3.30. The molecule has 0 aliphatic rings. The first-order chi connectivity index (χ1) is 9.52. The number of halogens is 2. The van der Waals surface area contributed by atoms with Gasteiger partial charge in [-0.15, -0.1) is 0 Å². The highest BCUT2D eigenvalue weighted by atomic mass is 79.9. The molecule has 2 nitrogen and oxygen atoms in total. The van der Waals surface area contributed by atoms with E-state index in [1.165, 1.54) is 0 Å². The van der Waals surface area contributed by atoms with Crippen molar-refractivity contribution in [2.24, 2.45) is 11.8 Å². The smallest absolute Gasteiger partial charge is 0.127 e.